The molecule has 8 heteroatoms. The highest BCUT2D eigenvalue weighted by Gasteiger charge is 2.34. The fourth-order valence-corrected chi connectivity index (χ4v) is 5.87. The van der Waals surface area contributed by atoms with E-state index in [-0.39, 0.29) is 30.7 Å². The number of ether oxygens (including phenoxy) is 1. The zero-order chi connectivity index (χ0) is 21.4. The number of thiophene rings is 1. The van der Waals surface area contributed by atoms with E-state index >= 15 is 0 Å². The molecule has 31 heavy (non-hydrogen) atoms. The normalized spacial score (nSPS) is 18.9. The quantitative estimate of drug-likeness (QED) is 0.736. The molecule has 1 saturated heterocycles. The van der Waals surface area contributed by atoms with E-state index in [1.807, 2.05) is 0 Å². The molecule has 0 bridgehead atoms. The monoisotopic (exact) mass is 441 g/mol. The topological polar surface area (TPSA) is 62.2 Å². The molecule has 2 amide bonds. The summed E-state index contributed by atoms with van der Waals surface area (Å²) in [5.74, 6) is -0.558. The van der Waals surface area contributed by atoms with Crippen LogP contribution in [0, 0.1) is 5.82 Å². The number of aliphatic imine (C=N–C) groups is 1. The predicted octanol–water partition coefficient (Wildman–Crippen LogP) is 2.81. The van der Waals surface area contributed by atoms with Crippen LogP contribution in [0.5, 0.6) is 0 Å². The first kappa shape index (κ1) is 20.3. The lowest BCUT2D eigenvalue weighted by molar-refractivity contribution is -0.134. The molecule has 2 aliphatic heterocycles. The van der Waals surface area contributed by atoms with Gasteiger partial charge in [-0.2, -0.15) is 0 Å². The number of aryl methyl sites for hydroxylation is 1. The van der Waals surface area contributed by atoms with E-state index in [2.05, 4.69) is 4.99 Å². The van der Waals surface area contributed by atoms with Crippen LogP contribution < -0.4 is 4.90 Å². The van der Waals surface area contributed by atoms with Gasteiger partial charge in [-0.1, -0.05) is 0 Å². The summed E-state index contributed by atoms with van der Waals surface area (Å²) in [5, 5.41) is 0.805. The number of carbonyl (C=O) groups excluding carboxylic acids is 2. The molecule has 0 saturated carbocycles. The van der Waals surface area contributed by atoms with E-state index in [0.717, 1.165) is 47.5 Å². The molecule has 5 rings (SSSR count). The van der Waals surface area contributed by atoms with Gasteiger partial charge >= 0.3 is 0 Å². The van der Waals surface area contributed by atoms with Gasteiger partial charge in [-0.15, -0.1) is 11.3 Å². The highest BCUT2D eigenvalue weighted by molar-refractivity contribution is 7.17. The Morgan fingerprint density at radius 1 is 1.13 bits per heavy atom. The second-order valence-electron chi connectivity index (χ2n) is 8.04. The summed E-state index contributed by atoms with van der Waals surface area (Å²) in [6.45, 7) is 2.13. The fourth-order valence-electron chi connectivity index (χ4n) is 4.46. The molecular weight excluding hydrogens is 417 g/mol. The van der Waals surface area contributed by atoms with Gasteiger partial charge in [0.15, 0.2) is 0 Å². The number of halogens is 1. The van der Waals surface area contributed by atoms with E-state index < -0.39 is 0 Å². The van der Waals surface area contributed by atoms with E-state index in [0.29, 0.717) is 26.3 Å². The van der Waals surface area contributed by atoms with Crippen molar-refractivity contribution >= 4 is 33.9 Å². The van der Waals surface area contributed by atoms with Crippen LogP contribution in [0.4, 0.5) is 9.39 Å². The molecule has 3 aliphatic rings. The highest BCUT2D eigenvalue weighted by atomic mass is 32.1. The number of hydrogen-bond acceptors (Lipinski definition) is 5. The predicted molar refractivity (Wildman–Crippen MR) is 118 cm³/mol. The van der Waals surface area contributed by atoms with Crippen LogP contribution in [-0.2, 0) is 27.2 Å². The first-order valence-electron chi connectivity index (χ1n) is 10.7. The van der Waals surface area contributed by atoms with Crippen molar-refractivity contribution < 1.29 is 18.7 Å². The van der Waals surface area contributed by atoms with Crippen molar-refractivity contribution in [1.29, 1.82) is 0 Å². The lowest BCUT2D eigenvalue weighted by atomic mass is 9.91. The molecule has 1 aromatic heterocycles. The Bertz CT molecular complexity index is 1040. The standard InChI is InChI=1S/C23H24FN3O3S/c24-16-7-5-15(6-8-16)22-21-17-3-1-2-4-18(17)31-23(21)27(19(28)13-25-22)14-20(29)26-9-11-30-12-10-26/h5-8H,1-4,9-14H2. The Morgan fingerprint density at radius 2 is 1.87 bits per heavy atom. The van der Waals surface area contributed by atoms with Crippen LogP contribution in [0.2, 0.25) is 0 Å². The highest BCUT2D eigenvalue weighted by Crippen LogP contribution is 2.42. The number of benzene rings is 1. The van der Waals surface area contributed by atoms with Crippen LogP contribution in [0.1, 0.15) is 34.4 Å². The largest absolute Gasteiger partial charge is 0.378 e. The second-order valence-corrected chi connectivity index (χ2v) is 9.12. The number of rotatable bonds is 3. The first-order valence-corrected chi connectivity index (χ1v) is 11.5. The Balaban J connectivity index is 1.56. The van der Waals surface area contributed by atoms with Crippen LogP contribution in [0.25, 0.3) is 0 Å². The van der Waals surface area contributed by atoms with E-state index in [1.165, 1.54) is 22.6 Å². The van der Waals surface area contributed by atoms with Crippen molar-refractivity contribution in [2.45, 2.75) is 25.7 Å². The van der Waals surface area contributed by atoms with E-state index in [9.17, 15) is 14.0 Å². The maximum atomic E-state index is 13.5. The minimum absolute atomic E-state index is 0.0114. The third-order valence-corrected chi connectivity index (χ3v) is 7.40. The number of carbonyl (C=O) groups is 2. The van der Waals surface area contributed by atoms with Crippen LogP contribution in [0.15, 0.2) is 29.3 Å². The SMILES string of the molecule is O=C(CN1C(=O)CN=C(c2ccc(F)cc2)c2c1sc1c2CCCC1)N1CCOCC1. The van der Waals surface area contributed by atoms with Gasteiger partial charge in [-0.05, 0) is 55.5 Å². The molecule has 0 unspecified atom stereocenters. The minimum Gasteiger partial charge on any atom is -0.378 e. The molecular formula is C23H24FN3O3S. The van der Waals surface area contributed by atoms with Gasteiger partial charge in [0, 0.05) is 29.1 Å². The zero-order valence-electron chi connectivity index (χ0n) is 17.2. The Morgan fingerprint density at radius 3 is 2.65 bits per heavy atom. The third-order valence-electron chi connectivity index (χ3n) is 6.08. The van der Waals surface area contributed by atoms with Crippen molar-refractivity contribution in [3.63, 3.8) is 0 Å². The molecule has 2 aromatic rings. The Labute approximate surface area is 184 Å². The summed E-state index contributed by atoms with van der Waals surface area (Å²) in [6, 6.07) is 6.26. The van der Waals surface area contributed by atoms with Gasteiger partial charge in [-0.3, -0.25) is 19.5 Å². The van der Waals surface area contributed by atoms with Crippen molar-refractivity contribution in [2.24, 2.45) is 4.99 Å². The summed E-state index contributed by atoms with van der Waals surface area (Å²) in [4.78, 5) is 35.4. The van der Waals surface area contributed by atoms with Gasteiger partial charge in [0.2, 0.25) is 11.8 Å². The molecule has 0 atom stereocenters. The number of anilines is 1. The molecule has 0 spiro atoms. The maximum Gasteiger partial charge on any atom is 0.249 e. The maximum absolute atomic E-state index is 13.5. The summed E-state index contributed by atoms with van der Waals surface area (Å²) in [5.41, 5.74) is 3.70. The van der Waals surface area contributed by atoms with Gasteiger partial charge in [0.1, 0.15) is 23.9 Å². The van der Waals surface area contributed by atoms with Gasteiger partial charge in [0.25, 0.3) is 0 Å². The van der Waals surface area contributed by atoms with Gasteiger partial charge < -0.3 is 9.64 Å². The first-order chi connectivity index (χ1) is 15.1. The van der Waals surface area contributed by atoms with E-state index in [1.54, 1.807) is 33.3 Å². The van der Waals surface area contributed by atoms with Gasteiger partial charge in [0.05, 0.1) is 18.9 Å². The summed E-state index contributed by atoms with van der Waals surface area (Å²) >= 11 is 1.61. The lowest BCUT2D eigenvalue weighted by Gasteiger charge is -2.29. The Kier molecular flexibility index (Phi) is 5.58. The lowest BCUT2D eigenvalue weighted by Crippen LogP contribution is -2.47. The summed E-state index contributed by atoms with van der Waals surface area (Å²) in [6.07, 6.45) is 4.12. The summed E-state index contributed by atoms with van der Waals surface area (Å²) in [7, 11) is 0. The molecule has 0 N–H and O–H groups in total. The molecule has 6 nitrogen and oxygen atoms in total. The van der Waals surface area contributed by atoms with Crippen molar-refractivity contribution in [1.82, 2.24) is 4.90 Å². The van der Waals surface area contributed by atoms with Crippen molar-refractivity contribution in [3.05, 3.63) is 51.7 Å². The third kappa shape index (κ3) is 3.90. The smallest absolute Gasteiger partial charge is 0.249 e. The molecule has 0 radical (unpaired) electrons. The zero-order valence-corrected chi connectivity index (χ0v) is 18.0. The van der Waals surface area contributed by atoms with Crippen LogP contribution >= 0.6 is 11.3 Å². The van der Waals surface area contributed by atoms with Gasteiger partial charge in [-0.25, -0.2) is 4.39 Å². The number of fused-ring (bicyclic) bond motifs is 3. The number of morpholine rings is 1. The van der Waals surface area contributed by atoms with Crippen molar-refractivity contribution in [3.8, 4) is 0 Å². The Hall–Kier alpha value is -2.58. The van der Waals surface area contributed by atoms with E-state index in [4.69, 9.17) is 4.74 Å². The average molecular weight is 442 g/mol. The second kappa shape index (κ2) is 8.51. The number of hydrogen-bond donors (Lipinski definition) is 0. The van der Waals surface area contributed by atoms with Crippen LogP contribution in [0.3, 0.4) is 0 Å². The average Bonchev–Trinajstić information content (AvgIpc) is 3.12. The molecule has 1 aromatic carbocycles. The molecule has 1 fully saturated rings. The minimum atomic E-state index is -0.306. The molecule has 1 aliphatic carbocycles. The number of nitrogens with zero attached hydrogens (tertiary/aromatic N) is 3. The number of amides is 2. The molecule has 3 heterocycles. The molecule has 162 valence electrons. The van der Waals surface area contributed by atoms with Crippen molar-refractivity contribution in [2.75, 3.05) is 44.3 Å². The van der Waals surface area contributed by atoms with Crippen LogP contribution in [-0.4, -0.2) is 61.8 Å². The summed E-state index contributed by atoms with van der Waals surface area (Å²) < 4.78 is 18.9. The fraction of sp³-hybridized carbons (Fsp3) is 0.435.